The molecule has 1 heterocycles. The summed E-state index contributed by atoms with van der Waals surface area (Å²) in [4.78, 5) is 14.9. The molecule has 1 aliphatic carbocycles. The molecule has 148 valence electrons. The monoisotopic (exact) mass is 390 g/mol. The van der Waals surface area contributed by atoms with Crippen molar-refractivity contribution in [3.63, 3.8) is 0 Å². The molecular formula is C20H20F2N2O4. The van der Waals surface area contributed by atoms with Gasteiger partial charge in [-0.05, 0) is 55.5 Å². The van der Waals surface area contributed by atoms with Gasteiger partial charge in [-0.2, -0.15) is 0 Å². The SMILES string of the molecule is NC(=O)/C=C(\O)COc1c(F)cc(-c2cccnc2OC2CCCC2)cc1F. The highest BCUT2D eigenvalue weighted by molar-refractivity contribution is 5.86. The maximum Gasteiger partial charge on any atom is 0.244 e. The number of ether oxygens (including phenoxy) is 2. The minimum atomic E-state index is -0.961. The maximum atomic E-state index is 14.4. The highest BCUT2D eigenvalue weighted by atomic mass is 19.1. The van der Waals surface area contributed by atoms with Crippen LogP contribution in [0.1, 0.15) is 25.7 Å². The number of halogens is 2. The third kappa shape index (κ3) is 4.76. The lowest BCUT2D eigenvalue weighted by atomic mass is 10.1. The van der Waals surface area contributed by atoms with Gasteiger partial charge < -0.3 is 20.3 Å². The van der Waals surface area contributed by atoms with Gasteiger partial charge in [0, 0.05) is 17.8 Å². The number of carbonyl (C=O) groups is 1. The third-order valence-electron chi connectivity index (χ3n) is 4.33. The molecule has 6 nitrogen and oxygen atoms in total. The van der Waals surface area contributed by atoms with Gasteiger partial charge in [0.05, 0.1) is 0 Å². The van der Waals surface area contributed by atoms with Crippen molar-refractivity contribution in [1.82, 2.24) is 4.98 Å². The van der Waals surface area contributed by atoms with Gasteiger partial charge in [-0.25, -0.2) is 13.8 Å². The summed E-state index contributed by atoms with van der Waals surface area (Å²) in [5, 5.41) is 9.43. The Morgan fingerprint density at radius 1 is 1.29 bits per heavy atom. The fourth-order valence-electron chi connectivity index (χ4n) is 3.07. The van der Waals surface area contributed by atoms with E-state index >= 15 is 0 Å². The molecule has 1 saturated carbocycles. The third-order valence-corrected chi connectivity index (χ3v) is 4.33. The Bertz CT molecular complexity index is 873. The molecule has 1 aromatic carbocycles. The van der Waals surface area contributed by atoms with Crippen molar-refractivity contribution in [3.05, 3.63) is 53.9 Å². The van der Waals surface area contributed by atoms with Crippen LogP contribution in [0.2, 0.25) is 0 Å². The number of hydrogen-bond acceptors (Lipinski definition) is 5. The molecule has 3 N–H and O–H groups in total. The molecule has 2 aromatic rings. The van der Waals surface area contributed by atoms with E-state index < -0.39 is 35.7 Å². The van der Waals surface area contributed by atoms with Crippen LogP contribution in [0, 0.1) is 11.6 Å². The lowest BCUT2D eigenvalue weighted by molar-refractivity contribution is -0.113. The number of aromatic nitrogens is 1. The second-order valence-electron chi connectivity index (χ2n) is 6.48. The van der Waals surface area contributed by atoms with Crippen LogP contribution < -0.4 is 15.2 Å². The number of benzene rings is 1. The standard InChI is InChI=1S/C20H20F2N2O4/c21-16-8-12(9-17(22)19(16)27-11-13(25)10-18(23)26)15-6-3-7-24-20(15)28-14-4-1-2-5-14/h3,6-10,14,25H,1-2,4-5,11H2,(H2,23,26)/b13-10-. The fraction of sp³-hybridized carbons (Fsp3) is 0.300. The number of nitrogens with two attached hydrogens (primary N) is 1. The normalized spacial score (nSPS) is 14.9. The summed E-state index contributed by atoms with van der Waals surface area (Å²) in [5.74, 6) is -3.71. The van der Waals surface area contributed by atoms with Crippen LogP contribution in [0.5, 0.6) is 11.6 Å². The first-order valence-electron chi connectivity index (χ1n) is 8.87. The van der Waals surface area contributed by atoms with Gasteiger partial charge in [0.25, 0.3) is 0 Å². The molecule has 0 spiro atoms. The Morgan fingerprint density at radius 2 is 1.96 bits per heavy atom. The molecule has 3 rings (SSSR count). The van der Waals surface area contributed by atoms with Crippen LogP contribution in [0.4, 0.5) is 8.78 Å². The second kappa shape index (κ2) is 8.69. The molecule has 1 aliphatic rings. The van der Waals surface area contributed by atoms with Crippen LogP contribution in [0.3, 0.4) is 0 Å². The number of rotatable bonds is 7. The smallest absolute Gasteiger partial charge is 0.244 e. The first kappa shape index (κ1) is 19.6. The van der Waals surface area contributed by atoms with Crippen molar-refractivity contribution < 1.29 is 28.2 Å². The van der Waals surface area contributed by atoms with Crippen molar-refractivity contribution in [2.24, 2.45) is 5.73 Å². The molecule has 0 aliphatic heterocycles. The van der Waals surface area contributed by atoms with E-state index in [2.05, 4.69) is 4.98 Å². The minimum absolute atomic E-state index is 0.0472. The highest BCUT2D eigenvalue weighted by Gasteiger charge is 2.21. The minimum Gasteiger partial charge on any atom is -0.508 e. The Hall–Kier alpha value is -3.16. The Labute approximate surface area is 160 Å². The summed E-state index contributed by atoms with van der Waals surface area (Å²) in [6.07, 6.45) is 6.32. The summed E-state index contributed by atoms with van der Waals surface area (Å²) in [6, 6.07) is 5.54. The molecule has 0 saturated heterocycles. The van der Waals surface area contributed by atoms with E-state index in [0.29, 0.717) is 17.5 Å². The van der Waals surface area contributed by atoms with Crippen LogP contribution in [0.25, 0.3) is 11.1 Å². The first-order valence-corrected chi connectivity index (χ1v) is 8.87. The average molecular weight is 390 g/mol. The molecule has 28 heavy (non-hydrogen) atoms. The Morgan fingerprint density at radius 3 is 2.61 bits per heavy atom. The van der Waals surface area contributed by atoms with Crippen molar-refractivity contribution in [3.8, 4) is 22.8 Å². The largest absolute Gasteiger partial charge is 0.508 e. The number of primary amides is 1. The Kier molecular flexibility index (Phi) is 6.08. The zero-order chi connectivity index (χ0) is 20.1. The van der Waals surface area contributed by atoms with Gasteiger partial charge in [-0.3, -0.25) is 4.79 Å². The first-order chi connectivity index (χ1) is 13.4. The number of carbonyl (C=O) groups excluding carboxylic acids is 1. The molecule has 0 atom stereocenters. The van der Waals surface area contributed by atoms with Crippen LogP contribution in [0.15, 0.2) is 42.3 Å². The van der Waals surface area contributed by atoms with E-state index in [1.54, 1.807) is 18.3 Å². The summed E-state index contributed by atoms with van der Waals surface area (Å²) in [7, 11) is 0. The van der Waals surface area contributed by atoms with Gasteiger partial charge in [0.2, 0.25) is 11.8 Å². The number of aliphatic hydroxyl groups excluding tert-OH is 1. The zero-order valence-corrected chi connectivity index (χ0v) is 15.0. The summed E-state index contributed by atoms with van der Waals surface area (Å²) in [6.45, 7) is -0.598. The van der Waals surface area contributed by atoms with Crippen LogP contribution in [-0.2, 0) is 4.79 Å². The van der Waals surface area contributed by atoms with Gasteiger partial charge >= 0.3 is 0 Å². The van der Waals surface area contributed by atoms with Crippen LogP contribution in [-0.4, -0.2) is 28.7 Å². The number of aliphatic hydroxyl groups is 1. The second-order valence-corrected chi connectivity index (χ2v) is 6.48. The number of pyridine rings is 1. The van der Waals surface area contributed by atoms with E-state index in [9.17, 15) is 18.7 Å². The van der Waals surface area contributed by atoms with E-state index in [1.807, 2.05) is 0 Å². The quantitative estimate of drug-likeness (QED) is 0.556. The number of amides is 1. The van der Waals surface area contributed by atoms with E-state index in [-0.39, 0.29) is 11.7 Å². The Balaban J connectivity index is 1.83. The van der Waals surface area contributed by atoms with Gasteiger partial charge in [-0.1, -0.05) is 0 Å². The lowest BCUT2D eigenvalue weighted by Crippen LogP contribution is -2.12. The van der Waals surface area contributed by atoms with E-state index in [4.69, 9.17) is 15.2 Å². The highest BCUT2D eigenvalue weighted by Crippen LogP contribution is 2.34. The molecule has 1 amide bonds. The van der Waals surface area contributed by atoms with Gasteiger partial charge in [-0.15, -0.1) is 0 Å². The van der Waals surface area contributed by atoms with Gasteiger partial charge in [0.1, 0.15) is 18.5 Å². The summed E-state index contributed by atoms with van der Waals surface area (Å²) in [5.41, 5.74) is 5.60. The lowest BCUT2D eigenvalue weighted by Gasteiger charge is -2.16. The van der Waals surface area contributed by atoms with Crippen molar-refractivity contribution >= 4 is 5.91 Å². The number of nitrogens with zero attached hydrogens (tertiary/aromatic N) is 1. The van der Waals surface area contributed by atoms with Crippen molar-refractivity contribution in [2.75, 3.05) is 6.61 Å². The predicted octanol–water partition coefficient (Wildman–Crippen LogP) is 3.65. The molecule has 0 bridgehead atoms. The predicted molar refractivity (Wildman–Crippen MR) is 97.9 cm³/mol. The summed E-state index contributed by atoms with van der Waals surface area (Å²) >= 11 is 0. The average Bonchev–Trinajstić information content (AvgIpc) is 3.14. The van der Waals surface area contributed by atoms with E-state index in [1.165, 1.54) is 0 Å². The fourth-order valence-corrected chi connectivity index (χ4v) is 3.07. The molecule has 0 radical (unpaired) electrons. The summed E-state index contributed by atoms with van der Waals surface area (Å²) < 4.78 is 39.7. The van der Waals surface area contributed by atoms with Crippen molar-refractivity contribution in [1.29, 1.82) is 0 Å². The van der Waals surface area contributed by atoms with Crippen molar-refractivity contribution in [2.45, 2.75) is 31.8 Å². The molecular weight excluding hydrogens is 370 g/mol. The zero-order valence-electron chi connectivity index (χ0n) is 15.0. The van der Waals surface area contributed by atoms with Gasteiger partial charge in [0.15, 0.2) is 17.4 Å². The topological polar surface area (TPSA) is 94.7 Å². The number of hydrogen-bond donors (Lipinski definition) is 2. The van der Waals surface area contributed by atoms with Crippen LogP contribution >= 0.6 is 0 Å². The molecule has 8 heteroatoms. The maximum absolute atomic E-state index is 14.4. The van der Waals surface area contributed by atoms with E-state index in [0.717, 1.165) is 37.8 Å². The molecule has 0 unspecified atom stereocenters. The molecule has 1 fully saturated rings. The molecule has 1 aromatic heterocycles.